The van der Waals surface area contributed by atoms with Crippen LogP contribution in [0.15, 0.2) is 48.5 Å². The molecule has 3 nitrogen and oxygen atoms in total. The Labute approximate surface area is 155 Å². The van der Waals surface area contributed by atoms with Gasteiger partial charge in [-0.05, 0) is 72.9 Å². The molecule has 3 heteroatoms. The van der Waals surface area contributed by atoms with Crippen LogP contribution in [0, 0.1) is 49.9 Å². The molecule has 0 aliphatic carbocycles. The van der Waals surface area contributed by atoms with Crippen molar-refractivity contribution in [2.75, 3.05) is 18.1 Å². The zero-order valence-corrected chi connectivity index (χ0v) is 14.9. The van der Waals surface area contributed by atoms with Crippen LogP contribution in [0.25, 0.3) is 0 Å². The van der Waals surface area contributed by atoms with E-state index in [0.29, 0.717) is 5.69 Å². The van der Waals surface area contributed by atoms with E-state index in [2.05, 4.69) is 35.7 Å². The molecule has 0 saturated carbocycles. The van der Waals surface area contributed by atoms with Crippen molar-refractivity contribution in [2.45, 2.75) is 13.8 Å². The summed E-state index contributed by atoms with van der Waals surface area (Å²) in [5.74, 6) is 13.6. The number of carbonyl (C=O) groups excluding carboxylic acids is 1. The van der Waals surface area contributed by atoms with E-state index in [-0.39, 0.29) is 13.2 Å². The quantitative estimate of drug-likeness (QED) is 0.798. The minimum atomic E-state index is -0.434. The average Bonchev–Trinajstić information content (AvgIpc) is 2.63. The molecule has 0 bridgehead atoms. The second kappa shape index (κ2) is 9.63. The standard InChI is InChI=1S/C23H19NO2/c1-4-23(25)24(21-12-8-7-9-13-21)14-10-5-6-11-15-26-22-17-19(2)16-20(3)18-22/h1,7-9,12-13,16-18H,14-15H2,2-3H3. The maximum absolute atomic E-state index is 11.9. The van der Waals surface area contributed by atoms with Gasteiger partial charge in [0.15, 0.2) is 0 Å². The molecule has 1 amide bonds. The van der Waals surface area contributed by atoms with E-state index < -0.39 is 5.91 Å². The molecule has 0 atom stereocenters. The largest absolute Gasteiger partial charge is 0.481 e. The van der Waals surface area contributed by atoms with Crippen molar-refractivity contribution in [1.82, 2.24) is 0 Å². The van der Waals surface area contributed by atoms with Crippen LogP contribution < -0.4 is 9.64 Å². The van der Waals surface area contributed by atoms with Crippen molar-refractivity contribution in [2.24, 2.45) is 0 Å². The predicted octanol–water partition coefficient (Wildman–Crippen LogP) is 3.36. The van der Waals surface area contributed by atoms with Gasteiger partial charge >= 0.3 is 5.91 Å². The number of hydrogen-bond acceptors (Lipinski definition) is 2. The minimum Gasteiger partial charge on any atom is -0.481 e. The number of amides is 1. The number of para-hydroxylation sites is 1. The molecule has 2 aromatic rings. The molecule has 0 saturated heterocycles. The Kier molecular flexibility index (Phi) is 6.93. The number of carbonyl (C=O) groups is 1. The van der Waals surface area contributed by atoms with Gasteiger partial charge in [0.2, 0.25) is 0 Å². The highest BCUT2D eigenvalue weighted by molar-refractivity contribution is 6.05. The lowest BCUT2D eigenvalue weighted by atomic mass is 10.1. The fourth-order valence-electron chi connectivity index (χ4n) is 2.34. The van der Waals surface area contributed by atoms with Crippen LogP contribution in [0.4, 0.5) is 5.69 Å². The number of benzene rings is 2. The molecule has 0 N–H and O–H groups in total. The molecular formula is C23H19NO2. The first-order chi connectivity index (χ1) is 12.6. The molecule has 0 radical (unpaired) electrons. The smallest absolute Gasteiger partial charge is 0.303 e. The van der Waals surface area contributed by atoms with Crippen LogP contribution in [0.1, 0.15) is 11.1 Å². The topological polar surface area (TPSA) is 29.5 Å². The van der Waals surface area contributed by atoms with E-state index in [1.54, 1.807) is 12.1 Å². The summed E-state index contributed by atoms with van der Waals surface area (Å²) >= 11 is 0. The number of aryl methyl sites for hydroxylation is 2. The third kappa shape index (κ3) is 5.79. The molecule has 0 heterocycles. The molecule has 2 rings (SSSR count). The Morgan fingerprint density at radius 2 is 1.69 bits per heavy atom. The highest BCUT2D eigenvalue weighted by Gasteiger charge is 2.11. The molecule has 26 heavy (non-hydrogen) atoms. The van der Waals surface area contributed by atoms with Crippen molar-refractivity contribution < 1.29 is 9.53 Å². The average molecular weight is 341 g/mol. The van der Waals surface area contributed by atoms with Gasteiger partial charge in [-0.25, -0.2) is 0 Å². The summed E-state index contributed by atoms with van der Waals surface area (Å²) in [6, 6.07) is 15.2. The number of hydrogen-bond donors (Lipinski definition) is 0. The number of terminal acetylenes is 1. The Morgan fingerprint density at radius 1 is 1.04 bits per heavy atom. The third-order valence-electron chi connectivity index (χ3n) is 3.42. The Hall–Kier alpha value is -3.61. The normalized spacial score (nSPS) is 8.96. The third-order valence-corrected chi connectivity index (χ3v) is 3.42. The molecule has 0 unspecified atom stereocenters. The lowest BCUT2D eigenvalue weighted by Gasteiger charge is -2.16. The number of ether oxygens (including phenoxy) is 1. The highest BCUT2D eigenvalue weighted by atomic mass is 16.5. The van der Waals surface area contributed by atoms with E-state index in [1.165, 1.54) is 4.90 Å². The molecule has 2 aromatic carbocycles. The second-order valence-corrected chi connectivity index (χ2v) is 5.59. The lowest BCUT2D eigenvalue weighted by molar-refractivity contribution is -0.113. The summed E-state index contributed by atoms with van der Waals surface area (Å²) in [5, 5.41) is 0. The maximum Gasteiger partial charge on any atom is 0.303 e. The Bertz CT molecular complexity index is 911. The Balaban J connectivity index is 1.92. The van der Waals surface area contributed by atoms with Gasteiger partial charge < -0.3 is 4.74 Å². The van der Waals surface area contributed by atoms with E-state index in [1.807, 2.05) is 44.2 Å². The van der Waals surface area contributed by atoms with E-state index in [9.17, 15) is 4.79 Å². The van der Waals surface area contributed by atoms with Crippen LogP contribution in [-0.2, 0) is 4.79 Å². The fraction of sp³-hybridized carbons (Fsp3) is 0.174. The summed E-state index contributed by atoms with van der Waals surface area (Å²) in [7, 11) is 0. The van der Waals surface area contributed by atoms with Crippen molar-refractivity contribution in [3.05, 3.63) is 59.7 Å². The van der Waals surface area contributed by atoms with E-state index >= 15 is 0 Å². The second-order valence-electron chi connectivity index (χ2n) is 5.59. The van der Waals surface area contributed by atoms with Crippen LogP contribution in [0.3, 0.4) is 0 Å². The van der Waals surface area contributed by atoms with Gasteiger partial charge in [-0.15, -0.1) is 6.42 Å². The molecule has 0 aliphatic heterocycles. The van der Waals surface area contributed by atoms with Crippen LogP contribution >= 0.6 is 0 Å². The summed E-state index contributed by atoms with van der Waals surface area (Å²) < 4.78 is 5.59. The molecule has 0 aliphatic rings. The van der Waals surface area contributed by atoms with Gasteiger partial charge in [0, 0.05) is 5.69 Å². The zero-order valence-electron chi connectivity index (χ0n) is 14.9. The summed E-state index contributed by atoms with van der Waals surface area (Å²) in [5.41, 5.74) is 3.00. The molecule has 0 aromatic heterocycles. The first kappa shape index (κ1) is 18.7. The SMILES string of the molecule is C#CC(=O)N(CC#CC#CCOc1cc(C)cc(C)c1)c1ccccc1. The Morgan fingerprint density at radius 3 is 2.35 bits per heavy atom. The van der Waals surface area contributed by atoms with Crippen molar-refractivity contribution >= 4 is 11.6 Å². The fourth-order valence-corrected chi connectivity index (χ4v) is 2.34. The molecule has 128 valence electrons. The number of nitrogens with zero attached hydrogens (tertiary/aromatic N) is 1. The zero-order chi connectivity index (χ0) is 18.8. The monoisotopic (exact) mass is 341 g/mol. The lowest BCUT2D eigenvalue weighted by Crippen LogP contribution is -2.29. The van der Waals surface area contributed by atoms with Gasteiger partial charge in [-0.3, -0.25) is 9.69 Å². The van der Waals surface area contributed by atoms with Gasteiger partial charge in [-0.2, -0.15) is 0 Å². The maximum atomic E-state index is 11.9. The van der Waals surface area contributed by atoms with E-state index in [4.69, 9.17) is 11.2 Å². The first-order valence-electron chi connectivity index (χ1n) is 8.10. The summed E-state index contributed by atoms with van der Waals surface area (Å²) in [4.78, 5) is 13.3. The van der Waals surface area contributed by atoms with Crippen LogP contribution in [0.5, 0.6) is 5.75 Å². The van der Waals surface area contributed by atoms with Crippen molar-refractivity contribution in [3.63, 3.8) is 0 Å². The molecular weight excluding hydrogens is 322 g/mol. The molecule has 0 spiro atoms. The first-order valence-corrected chi connectivity index (χ1v) is 8.10. The number of rotatable bonds is 4. The summed E-state index contributed by atoms with van der Waals surface area (Å²) in [6.07, 6.45) is 5.22. The van der Waals surface area contributed by atoms with Crippen molar-refractivity contribution in [3.8, 4) is 41.8 Å². The van der Waals surface area contributed by atoms with Crippen molar-refractivity contribution in [1.29, 1.82) is 0 Å². The van der Waals surface area contributed by atoms with Crippen LogP contribution in [-0.4, -0.2) is 19.1 Å². The highest BCUT2D eigenvalue weighted by Crippen LogP contribution is 2.15. The van der Waals surface area contributed by atoms with Crippen LogP contribution in [0.2, 0.25) is 0 Å². The van der Waals surface area contributed by atoms with Gasteiger partial charge in [0.1, 0.15) is 12.4 Å². The number of anilines is 1. The molecule has 0 fully saturated rings. The van der Waals surface area contributed by atoms with Gasteiger partial charge in [-0.1, -0.05) is 30.2 Å². The van der Waals surface area contributed by atoms with E-state index in [0.717, 1.165) is 16.9 Å². The minimum absolute atomic E-state index is 0.180. The predicted molar refractivity (Wildman–Crippen MR) is 105 cm³/mol. The van der Waals surface area contributed by atoms with Gasteiger partial charge in [0.25, 0.3) is 0 Å². The summed E-state index contributed by atoms with van der Waals surface area (Å²) in [6.45, 7) is 4.48. The van der Waals surface area contributed by atoms with Gasteiger partial charge in [0.05, 0.1) is 6.54 Å².